The first kappa shape index (κ1) is 13.8. The van der Waals surface area contributed by atoms with E-state index in [1.165, 1.54) is 0 Å². The monoisotopic (exact) mass is 330 g/mol. The van der Waals surface area contributed by atoms with Crippen LogP contribution in [0.1, 0.15) is 19.8 Å². The van der Waals surface area contributed by atoms with Gasteiger partial charge < -0.3 is 10.2 Å². The van der Waals surface area contributed by atoms with Crippen molar-refractivity contribution in [2.45, 2.75) is 25.8 Å². The zero-order valence-electron chi connectivity index (χ0n) is 10.2. The first-order valence-electron chi connectivity index (χ1n) is 6.13. The number of rotatable bonds is 4. The lowest BCUT2D eigenvalue weighted by Crippen LogP contribution is -2.38. The standard InChI is InChI=1S/C13H16BrClN2O/c1-2-6-16-11-5-7-17(13(11)18)12-4-3-9(15)8-10(12)14/h3-4,8,11,16H,2,5-7H2,1H3. The summed E-state index contributed by atoms with van der Waals surface area (Å²) in [6.45, 7) is 3.73. The predicted octanol–water partition coefficient (Wildman–Crippen LogP) is 3.21. The molecule has 2 rings (SSSR count). The van der Waals surface area contributed by atoms with Gasteiger partial charge in [0.25, 0.3) is 0 Å². The minimum Gasteiger partial charge on any atom is -0.310 e. The summed E-state index contributed by atoms with van der Waals surface area (Å²) in [5.74, 6) is 0.145. The van der Waals surface area contributed by atoms with E-state index in [0.717, 1.165) is 36.1 Å². The minimum absolute atomic E-state index is 0.0486. The number of nitrogens with one attached hydrogen (secondary N) is 1. The molecule has 0 aliphatic carbocycles. The fourth-order valence-corrected chi connectivity index (χ4v) is 3.02. The lowest BCUT2D eigenvalue weighted by atomic mass is 10.2. The summed E-state index contributed by atoms with van der Waals surface area (Å²) in [6, 6.07) is 5.46. The summed E-state index contributed by atoms with van der Waals surface area (Å²) in [5, 5.41) is 3.94. The summed E-state index contributed by atoms with van der Waals surface area (Å²) in [5.41, 5.74) is 0.894. The van der Waals surface area contributed by atoms with Crippen LogP contribution in [0.2, 0.25) is 5.02 Å². The van der Waals surface area contributed by atoms with Gasteiger partial charge >= 0.3 is 0 Å². The Morgan fingerprint density at radius 2 is 2.33 bits per heavy atom. The molecule has 0 bridgehead atoms. The molecular formula is C13H16BrClN2O. The van der Waals surface area contributed by atoms with Gasteiger partial charge in [-0.1, -0.05) is 18.5 Å². The van der Waals surface area contributed by atoms with Gasteiger partial charge in [-0.3, -0.25) is 4.79 Å². The van der Waals surface area contributed by atoms with E-state index in [-0.39, 0.29) is 11.9 Å². The summed E-state index contributed by atoms with van der Waals surface area (Å²) >= 11 is 9.37. The number of anilines is 1. The minimum atomic E-state index is -0.0486. The first-order chi connectivity index (χ1) is 8.63. The molecule has 3 nitrogen and oxygen atoms in total. The second-order valence-corrected chi connectivity index (χ2v) is 5.67. The highest BCUT2D eigenvalue weighted by atomic mass is 79.9. The van der Waals surface area contributed by atoms with Crippen molar-refractivity contribution < 1.29 is 4.79 Å². The van der Waals surface area contributed by atoms with Gasteiger partial charge in [0.1, 0.15) is 0 Å². The van der Waals surface area contributed by atoms with Crippen molar-refractivity contribution in [3.63, 3.8) is 0 Å². The van der Waals surface area contributed by atoms with Gasteiger partial charge in [-0.25, -0.2) is 0 Å². The van der Waals surface area contributed by atoms with Crippen LogP contribution in [0.3, 0.4) is 0 Å². The third kappa shape index (κ3) is 2.87. The molecule has 98 valence electrons. The molecule has 5 heteroatoms. The number of hydrogen-bond donors (Lipinski definition) is 1. The van der Waals surface area contributed by atoms with E-state index in [2.05, 4.69) is 28.2 Å². The molecule has 0 radical (unpaired) electrons. The van der Waals surface area contributed by atoms with E-state index in [1.807, 2.05) is 23.1 Å². The van der Waals surface area contributed by atoms with Crippen LogP contribution in [0.5, 0.6) is 0 Å². The molecule has 1 unspecified atom stereocenters. The molecule has 1 aromatic rings. The zero-order valence-corrected chi connectivity index (χ0v) is 12.6. The largest absolute Gasteiger partial charge is 0.310 e. The van der Waals surface area contributed by atoms with Crippen LogP contribution in [0.4, 0.5) is 5.69 Å². The molecule has 1 aliphatic heterocycles. The molecule has 0 aromatic heterocycles. The highest BCUT2D eigenvalue weighted by Crippen LogP contribution is 2.31. The van der Waals surface area contributed by atoms with Crippen LogP contribution in [-0.4, -0.2) is 25.0 Å². The van der Waals surface area contributed by atoms with Gasteiger partial charge in [0.15, 0.2) is 0 Å². The van der Waals surface area contributed by atoms with Crippen LogP contribution in [0.15, 0.2) is 22.7 Å². The number of hydrogen-bond acceptors (Lipinski definition) is 2. The number of carbonyl (C=O) groups excluding carboxylic acids is 1. The topological polar surface area (TPSA) is 32.3 Å². The van der Waals surface area contributed by atoms with E-state index < -0.39 is 0 Å². The third-order valence-corrected chi connectivity index (χ3v) is 3.92. The van der Waals surface area contributed by atoms with Gasteiger partial charge in [-0.05, 0) is 53.5 Å². The van der Waals surface area contributed by atoms with Crippen molar-refractivity contribution in [2.24, 2.45) is 0 Å². The molecule has 1 amide bonds. The van der Waals surface area contributed by atoms with E-state index in [9.17, 15) is 4.79 Å². The SMILES string of the molecule is CCCNC1CCN(c2ccc(Cl)cc2Br)C1=O. The van der Waals surface area contributed by atoms with Gasteiger partial charge in [0.2, 0.25) is 5.91 Å². The van der Waals surface area contributed by atoms with Crippen LogP contribution in [0, 0.1) is 0 Å². The van der Waals surface area contributed by atoms with E-state index in [4.69, 9.17) is 11.6 Å². The fraction of sp³-hybridized carbons (Fsp3) is 0.462. The number of carbonyl (C=O) groups is 1. The molecular weight excluding hydrogens is 316 g/mol. The predicted molar refractivity (Wildman–Crippen MR) is 78.2 cm³/mol. The van der Waals surface area contributed by atoms with Gasteiger partial charge in [0, 0.05) is 16.0 Å². The van der Waals surface area contributed by atoms with Crippen LogP contribution < -0.4 is 10.2 Å². The first-order valence-corrected chi connectivity index (χ1v) is 7.30. The van der Waals surface area contributed by atoms with Crippen LogP contribution in [0.25, 0.3) is 0 Å². The Hall–Kier alpha value is -0.580. The summed E-state index contributed by atoms with van der Waals surface area (Å²) in [7, 11) is 0. The normalized spacial score (nSPS) is 19.6. The molecule has 1 heterocycles. The Kier molecular flexibility index (Phi) is 4.65. The van der Waals surface area contributed by atoms with Crippen molar-refractivity contribution in [3.8, 4) is 0 Å². The summed E-state index contributed by atoms with van der Waals surface area (Å²) < 4.78 is 0.861. The Morgan fingerprint density at radius 1 is 1.56 bits per heavy atom. The van der Waals surface area contributed by atoms with Crippen molar-refractivity contribution >= 4 is 39.1 Å². The maximum Gasteiger partial charge on any atom is 0.244 e. The molecule has 0 spiro atoms. The maximum absolute atomic E-state index is 12.3. The molecule has 18 heavy (non-hydrogen) atoms. The van der Waals surface area contributed by atoms with Crippen molar-refractivity contribution in [2.75, 3.05) is 18.0 Å². The molecule has 1 saturated heterocycles. The Balaban J connectivity index is 2.13. The van der Waals surface area contributed by atoms with Gasteiger partial charge in [-0.2, -0.15) is 0 Å². The Morgan fingerprint density at radius 3 is 3.00 bits per heavy atom. The Labute approximate surface area is 121 Å². The molecule has 1 N–H and O–H groups in total. The average molecular weight is 332 g/mol. The molecule has 1 atom stereocenters. The molecule has 1 aliphatic rings. The Bertz CT molecular complexity index is 453. The average Bonchev–Trinajstić information content (AvgIpc) is 2.68. The molecule has 0 saturated carbocycles. The van der Waals surface area contributed by atoms with E-state index >= 15 is 0 Å². The molecule has 1 fully saturated rings. The highest BCUT2D eigenvalue weighted by molar-refractivity contribution is 9.10. The fourth-order valence-electron chi connectivity index (χ4n) is 2.13. The number of nitrogens with zero attached hydrogens (tertiary/aromatic N) is 1. The lowest BCUT2D eigenvalue weighted by molar-refractivity contribution is -0.118. The number of halogens is 2. The lowest BCUT2D eigenvalue weighted by Gasteiger charge is -2.18. The number of benzene rings is 1. The number of amides is 1. The van der Waals surface area contributed by atoms with Crippen LogP contribution in [-0.2, 0) is 4.79 Å². The smallest absolute Gasteiger partial charge is 0.244 e. The van der Waals surface area contributed by atoms with Crippen molar-refractivity contribution in [1.82, 2.24) is 5.32 Å². The zero-order chi connectivity index (χ0) is 13.1. The van der Waals surface area contributed by atoms with Crippen LogP contribution >= 0.6 is 27.5 Å². The third-order valence-electron chi connectivity index (χ3n) is 3.05. The van der Waals surface area contributed by atoms with E-state index in [1.54, 1.807) is 0 Å². The van der Waals surface area contributed by atoms with E-state index in [0.29, 0.717) is 5.02 Å². The molecule has 1 aromatic carbocycles. The van der Waals surface area contributed by atoms with Crippen molar-refractivity contribution in [3.05, 3.63) is 27.7 Å². The second kappa shape index (κ2) is 6.04. The second-order valence-electron chi connectivity index (χ2n) is 4.38. The van der Waals surface area contributed by atoms with Gasteiger partial charge in [0.05, 0.1) is 11.7 Å². The summed E-state index contributed by atoms with van der Waals surface area (Å²) in [4.78, 5) is 14.1. The van der Waals surface area contributed by atoms with Crippen molar-refractivity contribution in [1.29, 1.82) is 0 Å². The highest BCUT2D eigenvalue weighted by Gasteiger charge is 2.32. The maximum atomic E-state index is 12.3. The quantitative estimate of drug-likeness (QED) is 0.919. The van der Waals surface area contributed by atoms with Gasteiger partial charge in [-0.15, -0.1) is 0 Å². The summed E-state index contributed by atoms with van der Waals surface area (Å²) in [6.07, 6.45) is 1.89.